The predicted molar refractivity (Wildman–Crippen MR) is 87.7 cm³/mol. The number of benzene rings is 2. The highest BCUT2D eigenvalue weighted by Crippen LogP contribution is 2.32. The molecule has 124 valence electrons. The highest BCUT2D eigenvalue weighted by molar-refractivity contribution is 5.93. The minimum absolute atomic E-state index is 0.106. The van der Waals surface area contributed by atoms with E-state index < -0.39 is 10.9 Å². The fourth-order valence-electron chi connectivity index (χ4n) is 2.24. The molecular weight excluding hydrogens is 312 g/mol. The van der Waals surface area contributed by atoms with E-state index in [9.17, 15) is 14.9 Å². The highest BCUT2D eigenvalue weighted by Gasteiger charge is 2.26. The van der Waals surface area contributed by atoms with E-state index in [1.165, 1.54) is 25.3 Å². The average molecular weight is 328 g/mol. The van der Waals surface area contributed by atoms with Crippen LogP contribution in [0.3, 0.4) is 0 Å². The maximum atomic E-state index is 12.3. The van der Waals surface area contributed by atoms with E-state index in [4.69, 9.17) is 9.47 Å². The summed E-state index contributed by atoms with van der Waals surface area (Å²) in [5.41, 5.74) is 0.377. The summed E-state index contributed by atoms with van der Waals surface area (Å²) >= 11 is 0. The number of esters is 1. The Morgan fingerprint density at radius 3 is 2.54 bits per heavy atom. The summed E-state index contributed by atoms with van der Waals surface area (Å²) in [4.78, 5) is 23.0. The van der Waals surface area contributed by atoms with Gasteiger partial charge in [-0.1, -0.05) is 12.1 Å². The molecule has 0 heterocycles. The Morgan fingerprint density at radius 2 is 1.92 bits per heavy atom. The Hall–Kier alpha value is -3.09. The molecule has 24 heavy (non-hydrogen) atoms. The summed E-state index contributed by atoms with van der Waals surface area (Å²) in [5.74, 6) is -0.0132. The Balaban J connectivity index is 1.84. The zero-order valence-electron chi connectivity index (χ0n) is 13.0. The molecule has 0 aliphatic heterocycles. The maximum absolute atomic E-state index is 12.3. The number of para-hydroxylation sites is 2. The van der Waals surface area contributed by atoms with Crippen LogP contribution in [-0.2, 0) is 0 Å². The third-order valence-electron chi connectivity index (χ3n) is 3.64. The summed E-state index contributed by atoms with van der Waals surface area (Å²) in [6.07, 6.45) is 1.99. The molecule has 2 aromatic rings. The quantitative estimate of drug-likeness (QED) is 0.378. The number of hydrogen-bond acceptors (Lipinski definition) is 6. The first-order valence-corrected chi connectivity index (χ1v) is 7.48. The molecule has 3 rings (SSSR count). The molecule has 1 fully saturated rings. The monoisotopic (exact) mass is 328 g/mol. The van der Waals surface area contributed by atoms with Gasteiger partial charge in [-0.2, -0.15) is 0 Å². The lowest BCUT2D eigenvalue weighted by Gasteiger charge is -2.10. The van der Waals surface area contributed by atoms with Crippen molar-refractivity contribution in [2.75, 3.05) is 12.4 Å². The molecule has 1 saturated carbocycles. The second kappa shape index (κ2) is 6.57. The fourth-order valence-corrected chi connectivity index (χ4v) is 2.24. The molecule has 0 spiro atoms. The molecule has 0 aromatic heterocycles. The Bertz CT molecular complexity index is 786. The van der Waals surface area contributed by atoms with Gasteiger partial charge in [-0.3, -0.25) is 10.1 Å². The molecule has 7 nitrogen and oxygen atoms in total. The first kappa shape index (κ1) is 15.8. The highest BCUT2D eigenvalue weighted by atomic mass is 16.6. The van der Waals surface area contributed by atoms with Crippen molar-refractivity contribution in [1.29, 1.82) is 0 Å². The number of rotatable bonds is 6. The van der Waals surface area contributed by atoms with Crippen molar-refractivity contribution in [2.24, 2.45) is 0 Å². The maximum Gasteiger partial charge on any atom is 0.343 e. The molecule has 0 amide bonds. The van der Waals surface area contributed by atoms with Gasteiger partial charge >= 0.3 is 5.97 Å². The zero-order chi connectivity index (χ0) is 17.1. The van der Waals surface area contributed by atoms with Crippen molar-refractivity contribution >= 4 is 17.3 Å². The number of methoxy groups -OCH3 is 1. The Morgan fingerprint density at radius 1 is 1.21 bits per heavy atom. The summed E-state index contributed by atoms with van der Waals surface area (Å²) < 4.78 is 10.4. The number of anilines is 1. The van der Waals surface area contributed by atoms with Gasteiger partial charge in [0.25, 0.3) is 5.69 Å². The van der Waals surface area contributed by atoms with Crippen LogP contribution in [0.1, 0.15) is 23.2 Å². The van der Waals surface area contributed by atoms with Crippen LogP contribution in [0.25, 0.3) is 0 Å². The Kier molecular flexibility index (Phi) is 4.33. The standard InChI is InChI=1S/C17H16N2O5/c1-23-15-4-2-3-5-16(15)24-17(20)11-6-9-13(18-12-7-8-12)14(10-11)19(21)22/h2-6,9-10,12,18H,7-8H2,1H3. The molecular formula is C17H16N2O5. The van der Waals surface area contributed by atoms with Crippen LogP contribution >= 0.6 is 0 Å². The van der Waals surface area contributed by atoms with Crippen LogP contribution in [0, 0.1) is 10.1 Å². The lowest BCUT2D eigenvalue weighted by Crippen LogP contribution is -2.11. The molecule has 1 aliphatic rings. The zero-order valence-corrected chi connectivity index (χ0v) is 13.0. The number of ether oxygens (including phenoxy) is 2. The molecule has 1 aliphatic carbocycles. The topological polar surface area (TPSA) is 90.7 Å². The van der Waals surface area contributed by atoms with Crippen molar-refractivity contribution in [3.05, 3.63) is 58.1 Å². The normalized spacial score (nSPS) is 13.2. The molecule has 2 aromatic carbocycles. The summed E-state index contributed by atoms with van der Waals surface area (Å²) in [5, 5.41) is 14.3. The van der Waals surface area contributed by atoms with E-state index in [0.717, 1.165) is 12.8 Å². The average Bonchev–Trinajstić information content (AvgIpc) is 3.39. The first-order valence-electron chi connectivity index (χ1n) is 7.48. The number of nitro groups is 1. The number of carbonyl (C=O) groups excluding carboxylic acids is 1. The van der Waals surface area contributed by atoms with Gasteiger partial charge < -0.3 is 14.8 Å². The summed E-state index contributed by atoms with van der Waals surface area (Å²) in [6.45, 7) is 0. The predicted octanol–water partition coefficient (Wildman–Crippen LogP) is 3.40. The van der Waals surface area contributed by atoms with E-state index in [0.29, 0.717) is 11.4 Å². The van der Waals surface area contributed by atoms with E-state index in [1.807, 2.05) is 0 Å². The number of carbonyl (C=O) groups is 1. The molecule has 0 atom stereocenters. The fraction of sp³-hybridized carbons (Fsp3) is 0.235. The number of hydrogen-bond donors (Lipinski definition) is 1. The minimum Gasteiger partial charge on any atom is -0.493 e. The minimum atomic E-state index is -0.680. The van der Waals surface area contributed by atoms with Crippen molar-refractivity contribution in [1.82, 2.24) is 0 Å². The van der Waals surface area contributed by atoms with Gasteiger partial charge in [0.1, 0.15) is 5.69 Å². The van der Waals surface area contributed by atoms with Crippen LogP contribution in [0.5, 0.6) is 11.5 Å². The lowest BCUT2D eigenvalue weighted by molar-refractivity contribution is -0.384. The Labute approximate surface area is 138 Å². The van der Waals surface area contributed by atoms with Crippen LogP contribution in [0.4, 0.5) is 11.4 Å². The van der Waals surface area contributed by atoms with Crippen molar-refractivity contribution < 1.29 is 19.2 Å². The van der Waals surface area contributed by atoms with Gasteiger partial charge in [-0.05, 0) is 37.1 Å². The molecule has 1 N–H and O–H groups in total. The molecule has 0 unspecified atom stereocenters. The number of nitrogens with one attached hydrogen (secondary N) is 1. The van der Waals surface area contributed by atoms with E-state index in [2.05, 4.69) is 5.32 Å². The number of nitrogens with zero attached hydrogens (tertiary/aromatic N) is 1. The van der Waals surface area contributed by atoms with Gasteiger partial charge in [-0.15, -0.1) is 0 Å². The molecule has 0 saturated heterocycles. The smallest absolute Gasteiger partial charge is 0.343 e. The SMILES string of the molecule is COc1ccccc1OC(=O)c1ccc(NC2CC2)c([N+](=O)[O-])c1. The van der Waals surface area contributed by atoms with Crippen LogP contribution in [0.2, 0.25) is 0 Å². The van der Waals surface area contributed by atoms with Gasteiger partial charge in [-0.25, -0.2) is 4.79 Å². The van der Waals surface area contributed by atoms with Crippen molar-refractivity contribution in [2.45, 2.75) is 18.9 Å². The molecule has 7 heteroatoms. The lowest BCUT2D eigenvalue weighted by atomic mass is 10.1. The van der Waals surface area contributed by atoms with Gasteiger partial charge in [0, 0.05) is 12.1 Å². The first-order chi connectivity index (χ1) is 11.6. The summed E-state index contributed by atoms with van der Waals surface area (Å²) in [7, 11) is 1.47. The van der Waals surface area contributed by atoms with Crippen molar-refractivity contribution in [3.63, 3.8) is 0 Å². The second-order valence-electron chi connectivity index (χ2n) is 5.45. The van der Waals surface area contributed by atoms with E-state index in [-0.39, 0.29) is 23.0 Å². The van der Waals surface area contributed by atoms with Gasteiger partial charge in [0.2, 0.25) is 0 Å². The number of nitro benzene ring substituents is 1. The summed E-state index contributed by atoms with van der Waals surface area (Å²) in [6, 6.07) is 11.3. The van der Waals surface area contributed by atoms with Crippen LogP contribution in [0.15, 0.2) is 42.5 Å². The van der Waals surface area contributed by atoms with Crippen molar-refractivity contribution in [3.8, 4) is 11.5 Å². The van der Waals surface area contributed by atoms with E-state index in [1.54, 1.807) is 24.3 Å². The third-order valence-corrected chi connectivity index (χ3v) is 3.64. The van der Waals surface area contributed by atoms with Gasteiger partial charge in [0.15, 0.2) is 11.5 Å². The second-order valence-corrected chi connectivity index (χ2v) is 5.45. The van der Waals surface area contributed by atoms with E-state index >= 15 is 0 Å². The van der Waals surface area contributed by atoms with Crippen LogP contribution < -0.4 is 14.8 Å². The van der Waals surface area contributed by atoms with Crippen LogP contribution in [-0.4, -0.2) is 24.0 Å². The largest absolute Gasteiger partial charge is 0.493 e. The van der Waals surface area contributed by atoms with Gasteiger partial charge in [0.05, 0.1) is 17.6 Å². The third kappa shape index (κ3) is 3.45. The molecule has 0 bridgehead atoms. The molecule has 0 radical (unpaired) electrons.